The van der Waals surface area contributed by atoms with Crippen LogP contribution >= 0.6 is 12.2 Å². The average Bonchev–Trinajstić information content (AvgIpc) is 2.50. The zero-order valence-electron chi connectivity index (χ0n) is 11.5. The molecule has 0 bridgehead atoms. The molecule has 0 unspecified atom stereocenters. The van der Waals surface area contributed by atoms with Gasteiger partial charge in [-0.15, -0.1) is 0 Å². The maximum atomic E-state index is 12.2. The summed E-state index contributed by atoms with van der Waals surface area (Å²) in [6, 6.07) is 8.04. The lowest BCUT2D eigenvalue weighted by atomic mass is 10.2. The minimum absolute atomic E-state index is 0.259. The SMILES string of the molecule is O=C1CC(=O)N(NC(=O)c2cc3ccccc3oc2=O)C(=S)N1. The zero-order valence-corrected chi connectivity index (χ0v) is 12.3. The third kappa shape index (κ3) is 2.81. The first-order valence-electron chi connectivity index (χ1n) is 6.46. The van der Waals surface area contributed by atoms with Gasteiger partial charge in [0.25, 0.3) is 11.8 Å². The van der Waals surface area contributed by atoms with Crippen molar-refractivity contribution in [3.63, 3.8) is 0 Å². The largest absolute Gasteiger partial charge is 0.422 e. The van der Waals surface area contributed by atoms with Crippen LogP contribution in [0.25, 0.3) is 11.0 Å². The van der Waals surface area contributed by atoms with Gasteiger partial charge in [-0.25, -0.2) is 4.79 Å². The molecule has 1 aromatic carbocycles. The van der Waals surface area contributed by atoms with E-state index in [2.05, 4.69) is 10.7 Å². The summed E-state index contributed by atoms with van der Waals surface area (Å²) in [5.74, 6) is -2.12. The molecule has 2 N–H and O–H groups in total. The summed E-state index contributed by atoms with van der Waals surface area (Å²) >= 11 is 4.82. The normalized spacial score (nSPS) is 14.8. The third-order valence-electron chi connectivity index (χ3n) is 3.11. The van der Waals surface area contributed by atoms with E-state index in [1.165, 1.54) is 6.07 Å². The van der Waals surface area contributed by atoms with Crippen molar-refractivity contribution in [1.82, 2.24) is 15.8 Å². The van der Waals surface area contributed by atoms with Gasteiger partial charge in [0.1, 0.15) is 17.6 Å². The van der Waals surface area contributed by atoms with E-state index in [0.29, 0.717) is 16.0 Å². The Morgan fingerprint density at radius 3 is 2.74 bits per heavy atom. The van der Waals surface area contributed by atoms with Crippen LogP contribution < -0.4 is 16.4 Å². The highest BCUT2D eigenvalue weighted by Gasteiger charge is 2.30. The van der Waals surface area contributed by atoms with E-state index >= 15 is 0 Å². The van der Waals surface area contributed by atoms with Crippen molar-refractivity contribution in [3.8, 4) is 0 Å². The molecule has 3 rings (SSSR count). The summed E-state index contributed by atoms with van der Waals surface area (Å²) in [7, 11) is 0. The Balaban J connectivity index is 1.90. The van der Waals surface area contributed by atoms with Crippen LogP contribution in [0.5, 0.6) is 0 Å². The van der Waals surface area contributed by atoms with Crippen molar-refractivity contribution in [2.24, 2.45) is 0 Å². The zero-order chi connectivity index (χ0) is 16.6. The molecule has 3 amide bonds. The summed E-state index contributed by atoms with van der Waals surface area (Å²) < 4.78 is 5.05. The number of thiocarbonyl (C=S) groups is 1. The summed E-state index contributed by atoms with van der Waals surface area (Å²) in [5, 5.41) is 3.25. The maximum absolute atomic E-state index is 12.2. The maximum Gasteiger partial charge on any atom is 0.349 e. The van der Waals surface area contributed by atoms with E-state index in [1.807, 2.05) is 0 Å². The van der Waals surface area contributed by atoms with Crippen molar-refractivity contribution in [2.75, 3.05) is 0 Å². The van der Waals surface area contributed by atoms with E-state index < -0.39 is 29.8 Å². The highest BCUT2D eigenvalue weighted by atomic mass is 32.1. The van der Waals surface area contributed by atoms with Gasteiger partial charge in [-0.3, -0.25) is 19.8 Å². The van der Waals surface area contributed by atoms with Crippen molar-refractivity contribution < 1.29 is 18.8 Å². The number of rotatable bonds is 2. The second-order valence-corrected chi connectivity index (χ2v) is 5.07. The molecule has 1 aliphatic heterocycles. The molecule has 0 saturated carbocycles. The van der Waals surface area contributed by atoms with Gasteiger partial charge >= 0.3 is 5.63 Å². The Hall–Kier alpha value is -3.07. The van der Waals surface area contributed by atoms with Crippen LogP contribution in [-0.4, -0.2) is 27.8 Å². The summed E-state index contributed by atoms with van der Waals surface area (Å²) in [5.41, 5.74) is 1.40. The van der Waals surface area contributed by atoms with E-state index in [0.717, 1.165) is 0 Å². The molecule has 23 heavy (non-hydrogen) atoms. The quantitative estimate of drug-likeness (QED) is 0.458. The van der Waals surface area contributed by atoms with Gasteiger partial charge in [0, 0.05) is 5.39 Å². The van der Waals surface area contributed by atoms with Gasteiger partial charge in [0.2, 0.25) is 11.0 Å². The lowest BCUT2D eigenvalue weighted by Crippen LogP contribution is -2.59. The molecule has 1 aliphatic rings. The van der Waals surface area contributed by atoms with Crippen LogP contribution in [0.3, 0.4) is 0 Å². The molecule has 8 nitrogen and oxygen atoms in total. The lowest BCUT2D eigenvalue weighted by Gasteiger charge is -2.27. The van der Waals surface area contributed by atoms with Crippen LogP contribution in [0, 0.1) is 0 Å². The number of hydrogen-bond acceptors (Lipinski definition) is 6. The molecule has 2 heterocycles. The first-order valence-corrected chi connectivity index (χ1v) is 6.87. The first kappa shape index (κ1) is 14.9. The lowest BCUT2D eigenvalue weighted by molar-refractivity contribution is -0.136. The second kappa shape index (κ2) is 5.61. The number of carbonyl (C=O) groups is 3. The predicted molar refractivity (Wildman–Crippen MR) is 82.2 cm³/mol. The standard InChI is InChI=1S/C14H9N3O5S/c18-10-6-11(19)17(14(23)15-10)16-12(20)8-5-7-3-1-2-4-9(7)22-13(8)21/h1-5H,6H2,(H,16,20)(H,15,18,23). The molecular formula is C14H9N3O5S. The average molecular weight is 331 g/mol. The molecule has 1 saturated heterocycles. The number of fused-ring (bicyclic) bond motifs is 1. The number of nitrogens with one attached hydrogen (secondary N) is 2. The van der Waals surface area contributed by atoms with Gasteiger partial charge in [0.15, 0.2) is 0 Å². The minimum atomic E-state index is -0.864. The second-order valence-electron chi connectivity index (χ2n) is 4.69. The molecule has 116 valence electrons. The number of para-hydroxylation sites is 1. The molecule has 0 aliphatic carbocycles. The summed E-state index contributed by atoms with van der Waals surface area (Å²) in [6.45, 7) is 0. The Morgan fingerprint density at radius 2 is 2.00 bits per heavy atom. The monoisotopic (exact) mass is 331 g/mol. The molecule has 2 aromatic rings. The Morgan fingerprint density at radius 1 is 1.26 bits per heavy atom. The van der Waals surface area contributed by atoms with Crippen LogP contribution in [-0.2, 0) is 9.59 Å². The Kier molecular flexibility index (Phi) is 3.62. The number of carbonyl (C=O) groups excluding carboxylic acids is 3. The molecule has 0 radical (unpaired) electrons. The number of hydrazine groups is 1. The minimum Gasteiger partial charge on any atom is -0.422 e. The fourth-order valence-electron chi connectivity index (χ4n) is 2.04. The predicted octanol–water partition coefficient (Wildman–Crippen LogP) is 0.0712. The Labute approximate surface area is 134 Å². The molecule has 1 aromatic heterocycles. The highest BCUT2D eigenvalue weighted by molar-refractivity contribution is 7.80. The first-order chi connectivity index (χ1) is 11.0. The number of hydrogen-bond donors (Lipinski definition) is 2. The Bertz CT molecular complexity index is 900. The smallest absolute Gasteiger partial charge is 0.349 e. The van der Waals surface area contributed by atoms with Crippen LogP contribution in [0.15, 0.2) is 39.5 Å². The van der Waals surface area contributed by atoms with E-state index in [9.17, 15) is 19.2 Å². The van der Waals surface area contributed by atoms with Gasteiger partial charge in [-0.05, 0) is 24.4 Å². The molecule has 9 heteroatoms. The van der Waals surface area contributed by atoms with Gasteiger partial charge in [-0.1, -0.05) is 18.2 Å². The van der Waals surface area contributed by atoms with E-state index in [-0.39, 0.29) is 10.7 Å². The molecule has 1 fully saturated rings. The number of amides is 3. The van der Waals surface area contributed by atoms with Gasteiger partial charge in [0.05, 0.1) is 0 Å². The van der Waals surface area contributed by atoms with E-state index in [4.69, 9.17) is 16.6 Å². The van der Waals surface area contributed by atoms with Crippen LogP contribution in [0.1, 0.15) is 16.8 Å². The number of benzene rings is 1. The molecule has 0 atom stereocenters. The van der Waals surface area contributed by atoms with Gasteiger partial charge in [-0.2, -0.15) is 5.01 Å². The number of nitrogens with zero attached hydrogens (tertiary/aromatic N) is 1. The fourth-order valence-corrected chi connectivity index (χ4v) is 2.31. The van der Waals surface area contributed by atoms with Crippen molar-refractivity contribution >= 4 is 46.0 Å². The van der Waals surface area contributed by atoms with Crippen molar-refractivity contribution in [2.45, 2.75) is 6.42 Å². The summed E-state index contributed by atoms with van der Waals surface area (Å²) in [6.07, 6.45) is -0.452. The molecule has 0 spiro atoms. The topological polar surface area (TPSA) is 109 Å². The van der Waals surface area contributed by atoms with E-state index in [1.54, 1.807) is 24.3 Å². The van der Waals surface area contributed by atoms with Crippen molar-refractivity contribution in [3.05, 3.63) is 46.3 Å². The van der Waals surface area contributed by atoms with Crippen LogP contribution in [0.4, 0.5) is 0 Å². The third-order valence-corrected chi connectivity index (χ3v) is 3.39. The van der Waals surface area contributed by atoms with Crippen molar-refractivity contribution in [1.29, 1.82) is 0 Å². The summed E-state index contributed by atoms with van der Waals surface area (Å²) in [4.78, 5) is 47.0. The fraction of sp³-hybridized carbons (Fsp3) is 0.0714. The highest BCUT2D eigenvalue weighted by Crippen LogP contribution is 2.12. The van der Waals surface area contributed by atoms with Gasteiger partial charge < -0.3 is 9.73 Å². The molecular weight excluding hydrogens is 322 g/mol. The van der Waals surface area contributed by atoms with Crippen LogP contribution in [0.2, 0.25) is 0 Å².